The van der Waals surface area contributed by atoms with Crippen LogP contribution in [-0.2, 0) is 12.8 Å². The van der Waals surface area contributed by atoms with Crippen molar-refractivity contribution in [2.45, 2.75) is 26.2 Å². The number of benzene rings is 2. The number of thiophene rings is 1. The van der Waals surface area contributed by atoms with Crippen molar-refractivity contribution in [2.24, 2.45) is 5.92 Å². The van der Waals surface area contributed by atoms with E-state index in [1.165, 1.54) is 10.4 Å². The zero-order valence-corrected chi connectivity index (χ0v) is 19.9. The van der Waals surface area contributed by atoms with E-state index in [4.69, 9.17) is 14.5 Å². The van der Waals surface area contributed by atoms with Gasteiger partial charge in [0.25, 0.3) is 5.91 Å². The number of rotatable bonds is 5. The zero-order chi connectivity index (χ0) is 22.2. The van der Waals surface area contributed by atoms with Gasteiger partial charge in [-0.15, -0.1) is 22.7 Å². The minimum atomic E-state index is -0.213. The fourth-order valence-corrected chi connectivity index (χ4v) is 6.72. The summed E-state index contributed by atoms with van der Waals surface area (Å²) in [5.41, 5.74) is 3.85. The number of ether oxygens (including phenoxy) is 2. The summed E-state index contributed by atoms with van der Waals surface area (Å²) in [6.45, 7) is 2.29. The SMILES string of the molecule is COc1ccc(OC)c(C(=O)Nc2sc3c(c2-c2nc4ccccc4s2)CCC(C)C3)c1. The van der Waals surface area contributed by atoms with Gasteiger partial charge < -0.3 is 14.8 Å². The molecular weight excluding hydrogens is 440 g/mol. The van der Waals surface area contributed by atoms with Crippen LogP contribution < -0.4 is 14.8 Å². The molecule has 4 aromatic rings. The van der Waals surface area contributed by atoms with E-state index in [0.717, 1.165) is 45.1 Å². The number of nitrogens with one attached hydrogen (secondary N) is 1. The van der Waals surface area contributed by atoms with Crippen molar-refractivity contribution in [3.05, 3.63) is 58.5 Å². The molecule has 5 nitrogen and oxygen atoms in total. The Morgan fingerprint density at radius 1 is 1.12 bits per heavy atom. The summed E-state index contributed by atoms with van der Waals surface area (Å²) < 4.78 is 11.9. The molecule has 1 amide bonds. The molecule has 1 unspecified atom stereocenters. The number of fused-ring (bicyclic) bond motifs is 2. The summed E-state index contributed by atoms with van der Waals surface area (Å²) in [5, 5.41) is 5.00. The van der Waals surface area contributed by atoms with Crippen LogP contribution >= 0.6 is 22.7 Å². The largest absolute Gasteiger partial charge is 0.497 e. The fraction of sp³-hybridized carbons (Fsp3) is 0.280. The molecule has 2 aromatic heterocycles. The van der Waals surface area contributed by atoms with Gasteiger partial charge in [0.2, 0.25) is 0 Å². The first kappa shape index (κ1) is 21.0. The maximum Gasteiger partial charge on any atom is 0.260 e. The quantitative estimate of drug-likeness (QED) is 0.370. The summed E-state index contributed by atoms with van der Waals surface area (Å²) in [6.07, 6.45) is 3.20. The topological polar surface area (TPSA) is 60.5 Å². The van der Waals surface area contributed by atoms with Crippen LogP contribution in [0.25, 0.3) is 20.8 Å². The lowest BCUT2D eigenvalue weighted by molar-refractivity contribution is 0.102. The number of hydrogen-bond donors (Lipinski definition) is 1. The van der Waals surface area contributed by atoms with Crippen molar-refractivity contribution in [1.29, 1.82) is 0 Å². The van der Waals surface area contributed by atoms with E-state index >= 15 is 0 Å². The van der Waals surface area contributed by atoms with Crippen molar-refractivity contribution in [1.82, 2.24) is 4.98 Å². The monoisotopic (exact) mass is 464 g/mol. The van der Waals surface area contributed by atoms with Crippen LogP contribution in [0.2, 0.25) is 0 Å². The maximum absolute atomic E-state index is 13.3. The molecule has 0 fully saturated rings. The molecule has 0 spiro atoms. The minimum absolute atomic E-state index is 0.213. The number of nitrogens with zero attached hydrogens (tertiary/aromatic N) is 1. The van der Waals surface area contributed by atoms with Gasteiger partial charge in [-0.25, -0.2) is 4.98 Å². The molecule has 1 aliphatic rings. The Kier molecular flexibility index (Phi) is 5.61. The molecule has 0 aliphatic heterocycles. The molecule has 32 heavy (non-hydrogen) atoms. The van der Waals surface area contributed by atoms with E-state index in [-0.39, 0.29) is 5.91 Å². The van der Waals surface area contributed by atoms with Crippen LogP contribution in [-0.4, -0.2) is 25.1 Å². The lowest BCUT2D eigenvalue weighted by Gasteiger charge is -2.18. The molecule has 0 saturated heterocycles. The van der Waals surface area contributed by atoms with E-state index in [1.54, 1.807) is 55.1 Å². The molecule has 1 aliphatic carbocycles. The molecular formula is C25H24N2O3S2. The molecule has 2 heterocycles. The number of amides is 1. The molecule has 164 valence electrons. The van der Waals surface area contributed by atoms with Crippen molar-refractivity contribution in [3.8, 4) is 22.1 Å². The summed E-state index contributed by atoms with van der Waals surface area (Å²) in [5.74, 6) is 1.56. The highest BCUT2D eigenvalue weighted by molar-refractivity contribution is 7.23. The van der Waals surface area contributed by atoms with Gasteiger partial charge in [0.15, 0.2) is 0 Å². The Balaban J connectivity index is 1.59. The highest BCUT2D eigenvalue weighted by atomic mass is 32.1. The number of para-hydroxylation sites is 1. The standard InChI is InChI=1S/C25H24N2O3S2/c1-14-8-10-16-21(12-14)32-25(22(16)24-26-18-6-4-5-7-20(18)31-24)27-23(28)17-13-15(29-2)9-11-19(17)30-3/h4-7,9,11,13-14H,8,10,12H2,1-3H3,(H,27,28). The Hall–Kier alpha value is -2.90. The molecule has 0 saturated carbocycles. The molecule has 5 rings (SSSR count). The third-order valence-electron chi connectivity index (χ3n) is 5.90. The van der Waals surface area contributed by atoms with Crippen molar-refractivity contribution in [3.63, 3.8) is 0 Å². The fourth-order valence-electron chi connectivity index (χ4n) is 4.21. The van der Waals surface area contributed by atoms with Crippen LogP contribution in [0.5, 0.6) is 11.5 Å². The average molecular weight is 465 g/mol. The highest BCUT2D eigenvalue weighted by Crippen LogP contribution is 2.47. The number of hydrogen-bond acceptors (Lipinski definition) is 6. The lowest BCUT2D eigenvalue weighted by Crippen LogP contribution is -2.13. The number of carbonyl (C=O) groups excluding carboxylic acids is 1. The number of carbonyl (C=O) groups is 1. The van der Waals surface area contributed by atoms with Crippen molar-refractivity contribution >= 4 is 43.8 Å². The Morgan fingerprint density at radius 2 is 1.97 bits per heavy atom. The van der Waals surface area contributed by atoms with Crippen LogP contribution in [0.4, 0.5) is 5.00 Å². The van der Waals surface area contributed by atoms with Gasteiger partial charge in [-0.1, -0.05) is 19.1 Å². The molecule has 7 heteroatoms. The second kappa shape index (κ2) is 8.56. The Morgan fingerprint density at radius 3 is 2.75 bits per heavy atom. The predicted molar refractivity (Wildman–Crippen MR) is 132 cm³/mol. The van der Waals surface area contributed by atoms with Gasteiger partial charge in [-0.05, 0) is 61.1 Å². The van der Waals surface area contributed by atoms with Gasteiger partial charge in [-0.3, -0.25) is 4.79 Å². The van der Waals surface area contributed by atoms with Gasteiger partial charge in [0.05, 0.1) is 30.0 Å². The second-order valence-electron chi connectivity index (χ2n) is 8.06. The number of methoxy groups -OCH3 is 2. The number of thiazole rings is 1. The van der Waals surface area contributed by atoms with E-state index in [0.29, 0.717) is 23.0 Å². The molecule has 0 bridgehead atoms. The average Bonchev–Trinajstić information content (AvgIpc) is 3.38. The summed E-state index contributed by atoms with van der Waals surface area (Å²) >= 11 is 3.36. The zero-order valence-electron chi connectivity index (χ0n) is 18.2. The number of anilines is 1. The van der Waals surface area contributed by atoms with Gasteiger partial charge in [0.1, 0.15) is 21.5 Å². The summed E-state index contributed by atoms with van der Waals surface area (Å²) in [7, 11) is 3.15. The Labute approximate surface area is 195 Å². The maximum atomic E-state index is 13.3. The summed E-state index contributed by atoms with van der Waals surface area (Å²) in [6, 6.07) is 13.4. The third-order valence-corrected chi connectivity index (χ3v) is 8.12. The number of aromatic nitrogens is 1. The van der Waals surface area contributed by atoms with Crippen LogP contribution in [0, 0.1) is 5.92 Å². The van der Waals surface area contributed by atoms with Gasteiger partial charge in [-0.2, -0.15) is 0 Å². The van der Waals surface area contributed by atoms with Crippen LogP contribution in [0.15, 0.2) is 42.5 Å². The smallest absolute Gasteiger partial charge is 0.260 e. The van der Waals surface area contributed by atoms with E-state index < -0.39 is 0 Å². The molecule has 2 aromatic carbocycles. The first-order chi connectivity index (χ1) is 15.6. The first-order valence-corrected chi connectivity index (χ1v) is 12.2. The van der Waals surface area contributed by atoms with E-state index in [2.05, 4.69) is 18.3 Å². The van der Waals surface area contributed by atoms with Crippen LogP contribution in [0.1, 0.15) is 34.1 Å². The normalized spacial score (nSPS) is 15.4. The van der Waals surface area contributed by atoms with Crippen molar-refractivity contribution in [2.75, 3.05) is 19.5 Å². The van der Waals surface area contributed by atoms with Gasteiger partial charge in [0, 0.05) is 10.4 Å². The van der Waals surface area contributed by atoms with E-state index in [1.807, 2.05) is 18.2 Å². The molecule has 1 N–H and O–H groups in total. The molecule has 0 radical (unpaired) electrons. The summed E-state index contributed by atoms with van der Waals surface area (Å²) in [4.78, 5) is 19.6. The van der Waals surface area contributed by atoms with Gasteiger partial charge >= 0.3 is 0 Å². The second-order valence-corrected chi connectivity index (χ2v) is 10.2. The van der Waals surface area contributed by atoms with Crippen molar-refractivity contribution < 1.29 is 14.3 Å². The Bertz CT molecular complexity index is 1280. The predicted octanol–water partition coefficient (Wildman–Crippen LogP) is 6.42. The minimum Gasteiger partial charge on any atom is -0.497 e. The molecule has 1 atom stereocenters. The van der Waals surface area contributed by atoms with Crippen LogP contribution in [0.3, 0.4) is 0 Å². The third kappa shape index (κ3) is 3.76. The van der Waals surface area contributed by atoms with E-state index in [9.17, 15) is 4.79 Å². The first-order valence-electron chi connectivity index (χ1n) is 10.6. The lowest BCUT2D eigenvalue weighted by atomic mass is 9.88. The highest BCUT2D eigenvalue weighted by Gasteiger charge is 2.28.